The van der Waals surface area contributed by atoms with Gasteiger partial charge in [0.25, 0.3) is 0 Å². The van der Waals surface area contributed by atoms with E-state index in [2.05, 4.69) is 13.2 Å². The molecule has 0 N–H and O–H groups in total. The molecule has 0 aliphatic carbocycles. The Morgan fingerprint density at radius 2 is 1.20 bits per heavy atom. The van der Waals surface area contributed by atoms with Crippen molar-refractivity contribution in [1.29, 1.82) is 0 Å². The molecule has 25 heavy (non-hydrogen) atoms. The highest BCUT2D eigenvalue weighted by molar-refractivity contribution is 5.69. The third-order valence-corrected chi connectivity index (χ3v) is 2.87. The summed E-state index contributed by atoms with van der Waals surface area (Å²) in [6.45, 7) is 11.7. The first-order valence-electron chi connectivity index (χ1n) is 7.54. The van der Waals surface area contributed by atoms with Gasteiger partial charge in [0.2, 0.25) is 0 Å². The fourth-order valence-electron chi connectivity index (χ4n) is 2.13. The Balaban J connectivity index is 5.92. The molecule has 4 atom stereocenters. The monoisotopic (exact) mass is 356 g/mol. The number of ether oxygens (including phenoxy) is 4. The molecule has 0 saturated carbocycles. The predicted octanol–water partition coefficient (Wildman–Crippen LogP) is 1.48. The van der Waals surface area contributed by atoms with Gasteiger partial charge in [-0.1, -0.05) is 12.7 Å². The van der Waals surface area contributed by atoms with Gasteiger partial charge in [-0.2, -0.15) is 0 Å². The zero-order chi connectivity index (χ0) is 19.6. The first kappa shape index (κ1) is 22.4. The summed E-state index contributed by atoms with van der Waals surface area (Å²) in [4.78, 5) is 45.7. The van der Waals surface area contributed by atoms with E-state index < -0.39 is 48.3 Å². The van der Waals surface area contributed by atoms with E-state index in [1.54, 1.807) is 0 Å². The first-order valence-corrected chi connectivity index (χ1v) is 7.54. The van der Waals surface area contributed by atoms with Crippen LogP contribution in [0, 0.1) is 0 Å². The highest BCUT2D eigenvalue weighted by atomic mass is 16.6. The predicted molar refractivity (Wildman–Crippen MR) is 87.2 cm³/mol. The third kappa shape index (κ3) is 8.69. The standard InChI is InChI=1S/C17H24O8/c1-7-9-15(23-11(4)19)17(25-13(6)21)16(24-12(5)20)14(8-2)22-10(3)18/h7-8,14-17H,1-2,9H2,3-6H3/t14-,15+,16+,17-/m1/s1. The Bertz CT molecular complexity index is 525. The van der Waals surface area contributed by atoms with Gasteiger partial charge in [-0.25, -0.2) is 0 Å². The summed E-state index contributed by atoms with van der Waals surface area (Å²) in [6, 6.07) is 0. The van der Waals surface area contributed by atoms with Gasteiger partial charge in [-0.05, 0) is 6.08 Å². The number of hydrogen-bond acceptors (Lipinski definition) is 8. The van der Waals surface area contributed by atoms with Crippen LogP contribution in [0.4, 0.5) is 0 Å². The van der Waals surface area contributed by atoms with Crippen LogP contribution in [0.2, 0.25) is 0 Å². The van der Waals surface area contributed by atoms with Crippen LogP contribution in [0.1, 0.15) is 34.1 Å². The molecular weight excluding hydrogens is 332 g/mol. The van der Waals surface area contributed by atoms with Crippen LogP contribution in [-0.4, -0.2) is 48.3 Å². The molecule has 0 heterocycles. The van der Waals surface area contributed by atoms with Gasteiger partial charge < -0.3 is 18.9 Å². The molecule has 0 fully saturated rings. The van der Waals surface area contributed by atoms with E-state index in [0.29, 0.717) is 0 Å². The maximum atomic E-state index is 11.5. The fourth-order valence-corrected chi connectivity index (χ4v) is 2.13. The lowest BCUT2D eigenvalue weighted by molar-refractivity contribution is -0.194. The van der Waals surface area contributed by atoms with Gasteiger partial charge in [0.15, 0.2) is 18.3 Å². The van der Waals surface area contributed by atoms with Crippen molar-refractivity contribution in [2.24, 2.45) is 0 Å². The Morgan fingerprint density at radius 1 is 0.760 bits per heavy atom. The van der Waals surface area contributed by atoms with Gasteiger partial charge in [-0.3, -0.25) is 19.2 Å². The average Bonchev–Trinajstić information content (AvgIpc) is 2.47. The van der Waals surface area contributed by atoms with Crippen molar-refractivity contribution >= 4 is 23.9 Å². The fraction of sp³-hybridized carbons (Fsp3) is 0.529. The Labute approximate surface area is 146 Å². The highest BCUT2D eigenvalue weighted by Crippen LogP contribution is 2.22. The molecule has 8 nitrogen and oxygen atoms in total. The zero-order valence-electron chi connectivity index (χ0n) is 14.9. The molecular formula is C17H24O8. The number of rotatable bonds is 10. The van der Waals surface area contributed by atoms with E-state index in [4.69, 9.17) is 18.9 Å². The number of carbonyl (C=O) groups excluding carboxylic acids is 4. The number of carbonyl (C=O) groups is 4. The lowest BCUT2D eigenvalue weighted by Gasteiger charge is -2.34. The van der Waals surface area contributed by atoms with E-state index in [9.17, 15) is 19.2 Å². The number of esters is 4. The molecule has 8 heteroatoms. The first-order chi connectivity index (χ1) is 11.6. The smallest absolute Gasteiger partial charge is 0.303 e. The van der Waals surface area contributed by atoms with E-state index >= 15 is 0 Å². The topological polar surface area (TPSA) is 105 Å². The van der Waals surface area contributed by atoms with Gasteiger partial charge in [0.05, 0.1) is 0 Å². The summed E-state index contributed by atoms with van der Waals surface area (Å²) in [5, 5.41) is 0. The molecule has 0 amide bonds. The van der Waals surface area contributed by atoms with Crippen LogP contribution in [-0.2, 0) is 38.1 Å². The van der Waals surface area contributed by atoms with Gasteiger partial charge in [-0.15, -0.1) is 6.58 Å². The summed E-state index contributed by atoms with van der Waals surface area (Å²) < 4.78 is 20.6. The normalized spacial score (nSPS) is 14.9. The largest absolute Gasteiger partial charge is 0.458 e. The Morgan fingerprint density at radius 3 is 1.56 bits per heavy atom. The molecule has 0 aliphatic rings. The third-order valence-electron chi connectivity index (χ3n) is 2.87. The Kier molecular flexibility index (Phi) is 9.85. The zero-order valence-corrected chi connectivity index (χ0v) is 14.9. The van der Waals surface area contributed by atoms with Crippen molar-refractivity contribution < 1.29 is 38.1 Å². The second-order valence-corrected chi connectivity index (χ2v) is 5.13. The van der Waals surface area contributed by atoms with Crippen molar-refractivity contribution in [3.05, 3.63) is 25.3 Å². The van der Waals surface area contributed by atoms with E-state index in [1.165, 1.54) is 19.1 Å². The van der Waals surface area contributed by atoms with Gasteiger partial charge >= 0.3 is 23.9 Å². The van der Waals surface area contributed by atoms with Crippen LogP contribution < -0.4 is 0 Å². The van der Waals surface area contributed by atoms with Crippen molar-refractivity contribution in [1.82, 2.24) is 0 Å². The molecule has 0 aliphatic heterocycles. The van der Waals surface area contributed by atoms with Crippen molar-refractivity contribution in [3.63, 3.8) is 0 Å². The lowest BCUT2D eigenvalue weighted by atomic mass is 9.99. The lowest BCUT2D eigenvalue weighted by Crippen LogP contribution is -2.50. The summed E-state index contributed by atoms with van der Waals surface area (Å²) in [7, 11) is 0. The molecule has 0 aromatic carbocycles. The quantitative estimate of drug-likeness (QED) is 0.329. The Hall–Kier alpha value is -2.64. The minimum absolute atomic E-state index is 0.110. The maximum Gasteiger partial charge on any atom is 0.303 e. The molecule has 0 rings (SSSR count). The highest BCUT2D eigenvalue weighted by Gasteiger charge is 2.41. The minimum Gasteiger partial charge on any atom is -0.458 e. The van der Waals surface area contributed by atoms with Crippen LogP contribution in [0.5, 0.6) is 0 Å². The second-order valence-electron chi connectivity index (χ2n) is 5.13. The van der Waals surface area contributed by atoms with Crippen molar-refractivity contribution in [2.75, 3.05) is 0 Å². The molecule has 0 radical (unpaired) electrons. The van der Waals surface area contributed by atoms with Crippen molar-refractivity contribution in [3.8, 4) is 0 Å². The van der Waals surface area contributed by atoms with E-state index in [1.807, 2.05) is 0 Å². The maximum absolute atomic E-state index is 11.5. The molecule has 0 spiro atoms. The van der Waals surface area contributed by atoms with Crippen LogP contribution in [0.15, 0.2) is 25.3 Å². The molecule has 0 aromatic heterocycles. The summed E-state index contributed by atoms with van der Waals surface area (Å²) in [6.07, 6.45) is -1.82. The number of hydrogen-bond donors (Lipinski definition) is 0. The molecule has 0 bridgehead atoms. The van der Waals surface area contributed by atoms with Crippen LogP contribution in [0.3, 0.4) is 0 Å². The van der Waals surface area contributed by atoms with E-state index in [0.717, 1.165) is 20.8 Å². The van der Waals surface area contributed by atoms with Crippen molar-refractivity contribution in [2.45, 2.75) is 58.5 Å². The summed E-state index contributed by atoms with van der Waals surface area (Å²) >= 11 is 0. The molecule has 0 unspecified atom stereocenters. The molecule has 140 valence electrons. The second kappa shape index (κ2) is 11.0. The SMILES string of the molecule is C=CC[C@H](OC(C)=O)[C@@H](OC(C)=O)[C@@H](OC(C)=O)[C@@H](C=C)OC(C)=O. The minimum atomic E-state index is -1.26. The van der Waals surface area contributed by atoms with Crippen LogP contribution in [0.25, 0.3) is 0 Å². The average molecular weight is 356 g/mol. The van der Waals surface area contributed by atoms with E-state index in [-0.39, 0.29) is 6.42 Å². The summed E-state index contributed by atoms with van der Waals surface area (Å²) in [5.41, 5.74) is 0. The molecule has 0 aromatic rings. The van der Waals surface area contributed by atoms with Gasteiger partial charge in [0, 0.05) is 34.1 Å². The summed E-state index contributed by atoms with van der Waals surface area (Å²) in [5.74, 6) is -2.69. The van der Waals surface area contributed by atoms with Crippen LogP contribution >= 0.6 is 0 Å². The molecule has 0 saturated heterocycles. The van der Waals surface area contributed by atoms with Gasteiger partial charge in [0.1, 0.15) is 6.10 Å².